The summed E-state index contributed by atoms with van der Waals surface area (Å²) >= 11 is 5.88. The number of nitrogens with zero attached hydrogens (tertiary/aromatic N) is 1. The van der Waals surface area contributed by atoms with E-state index in [1.165, 1.54) is 0 Å². The molecule has 0 bridgehead atoms. The second-order valence-electron chi connectivity index (χ2n) is 6.10. The zero-order valence-corrected chi connectivity index (χ0v) is 14.1. The van der Waals surface area contributed by atoms with E-state index in [9.17, 15) is 4.79 Å². The molecule has 4 nitrogen and oxygen atoms in total. The van der Waals surface area contributed by atoms with Gasteiger partial charge >= 0.3 is 0 Å². The molecule has 0 aromatic heterocycles. The molecule has 1 atom stereocenters. The van der Waals surface area contributed by atoms with Gasteiger partial charge in [0.15, 0.2) is 0 Å². The van der Waals surface area contributed by atoms with Crippen LogP contribution >= 0.6 is 11.6 Å². The van der Waals surface area contributed by atoms with Crippen LogP contribution in [0.2, 0.25) is 5.02 Å². The van der Waals surface area contributed by atoms with Gasteiger partial charge in [-0.25, -0.2) is 0 Å². The van der Waals surface area contributed by atoms with Crippen LogP contribution in [0.5, 0.6) is 5.75 Å². The van der Waals surface area contributed by atoms with Crippen LogP contribution < -0.4 is 10.1 Å². The maximum absolute atomic E-state index is 11.8. The van der Waals surface area contributed by atoms with Gasteiger partial charge in [0.25, 0.3) is 0 Å². The standard InChI is InChI=1S/C17H25ClN2O2/c1-13(2)20-8-6-14(12-20)11-19-17(21)7-9-22-16-5-3-4-15(18)10-16/h3-5,10,13-14H,6-9,11-12H2,1-2H3,(H,19,21). The van der Waals surface area contributed by atoms with Crippen molar-refractivity contribution in [3.8, 4) is 5.75 Å². The van der Waals surface area contributed by atoms with E-state index in [4.69, 9.17) is 16.3 Å². The Kier molecular flexibility index (Phi) is 6.52. The summed E-state index contributed by atoms with van der Waals surface area (Å²) in [5, 5.41) is 3.65. The van der Waals surface area contributed by atoms with E-state index < -0.39 is 0 Å². The minimum absolute atomic E-state index is 0.0463. The predicted molar refractivity (Wildman–Crippen MR) is 89.4 cm³/mol. The second kappa shape index (κ2) is 8.39. The van der Waals surface area contributed by atoms with Gasteiger partial charge in [-0.15, -0.1) is 0 Å². The van der Waals surface area contributed by atoms with E-state index >= 15 is 0 Å². The van der Waals surface area contributed by atoms with E-state index in [0.717, 1.165) is 26.1 Å². The first-order valence-corrected chi connectivity index (χ1v) is 8.31. The average Bonchev–Trinajstić information content (AvgIpc) is 2.94. The number of amides is 1. The molecule has 1 N–H and O–H groups in total. The van der Waals surface area contributed by atoms with Gasteiger partial charge in [0, 0.05) is 24.2 Å². The molecule has 1 amide bonds. The molecule has 1 unspecified atom stereocenters. The molecule has 1 heterocycles. The number of hydrogen-bond donors (Lipinski definition) is 1. The van der Waals surface area contributed by atoms with Crippen molar-refractivity contribution in [2.24, 2.45) is 5.92 Å². The highest BCUT2D eigenvalue weighted by Gasteiger charge is 2.24. The van der Waals surface area contributed by atoms with Gasteiger partial charge in [0.2, 0.25) is 5.91 Å². The SMILES string of the molecule is CC(C)N1CCC(CNC(=O)CCOc2cccc(Cl)c2)C1. The zero-order valence-electron chi connectivity index (χ0n) is 13.3. The van der Waals surface area contributed by atoms with Crippen molar-refractivity contribution < 1.29 is 9.53 Å². The summed E-state index contributed by atoms with van der Waals surface area (Å²) in [6.07, 6.45) is 1.53. The number of ether oxygens (including phenoxy) is 1. The molecule has 2 rings (SSSR count). The van der Waals surface area contributed by atoms with Gasteiger partial charge in [0.1, 0.15) is 5.75 Å². The molecule has 122 valence electrons. The molecule has 0 radical (unpaired) electrons. The molecule has 22 heavy (non-hydrogen) atoms. The molecular weight excluding hydrogens is 300 g/mol. The van der Waals surface area contributed by atoms with Gasteiger partial charge in [-0.3, -0.25) is 4.79 Å². The quantitative estimate of drug-likeness (QED) is 0.838. The van der Waals surface area contributed by atoms with Crippen molar-refractivity contribution in [1.82, 2.24) is 10.2 Å². The summed E-state index contributed by atoms with van der Waals surface area (Å²) in [4.78, 5) is 14.3. The van der Waals surface area contributed by atoms with Crippen LogP contribution in [0, 0.1) is 5.92 Å². The largest absolute Gasteiger partial charge is 0.493 e. The summed E-state index contributed by atoms with van der Waals surface area (Å²) in [6.45, 7) is 7.78. The Hall–Kier alpha value is -1.26. The van der Waals surface area contributed by atoms with E-state index in [1.807, 2.05) is 12.1 Å². The summed E-state index contributed by atoms with van der Waals surface area (Å²) in [6, 6.07) is 7.80. The fraction of sp³-hybridized carbons (Fsp3) is 0.588. The molecule has 5 heteroatoms. The monoisotopic (exact) mass is 324 g/mol. The highest BCUT2D eigenvalue weighted by atomic mass is 35.5. The Morgan fingerprint density at radius 2 is 2.32 bits per heavy atom. The van der Waals surface area contributed by atoms with E-state index in [-0.39, 0.29) is 5.91 Å². The average molecular weight is 325 g/mol. The molecule has 1 saturated heterocycles. The number of benzene rings is 1. The second-order valence-corrected chi connectivity index (χ2v) is 6.54. The van der Waals surface area contributed by atoms with Crippen molar-refractivity contribution >= 4 is 17.5 Å². The number of halogens is 1. The van der Waals surface area contributed by atoms with Crippen LogP contribution in [0.3, 0.4) is 0 Å². The first-order valence-electron chi connectivity index (χ1n) is 7.93. The molecule has 0 saturated carbocycles. The summed E-state index contributed by atoms with van der Waals surface area (Å²) in [5.74, 6) is 1.31. The predicted octanol–water partition coefficient (Wildman–Crippen LogP) is 2.96. The molecule has 1 aromatic carbocycles. The van der Waals surface area contributed by atoms with Gasteiger partial charge in [-0.1, -0.05) is 17.7 Å². The topological polar surface area (TPSA) is 41.6 Å². The Morgan fingerprint density at radius 1 is 1.50 bits per heavy atom. The lowest BCUT2D eigenvalue weighted by atomic mass is 10.1. The summed E-state index contributed by atoms with van der Waals surface area (Å²) in [7, 11) is 0. The highest BCUT2D eigenvalue weighted by molar-refractivity contribution is 6.30. The van der Waals surface area contributed by atoms with Crippen molar-refractivity contribution in [2.45, 2.75) is 32.7 Å². The molecular formula is C17H25ClN2O2. The molecule has 1 fully saturated rings. The molecule has 0 spiro atoms. The number of carbonyl (C=O) groups is 1. The van der Waals surface area contributed by atoms with Gasteiger partial charge < -0.3 is 15.0 Å². The third-order valence-corrected chi connectivity index (χ3v) is 4.26. The number of carbonyl (C=O) groups excluding carboxylic acids is 1. The fourth-order valence-corrected chi connectivity index (χ4v) is 2.84. The van der Waals surface area contributed by atoms with Crippen molar-refractivity contribution in [2.75, 3.05) is 26.2 Å². The normalized spacial score (nSPS) is 18.6. The van der Waals surface area contributed by atoms with Crippen LogP contribution in [0.1, 0.15) is 26.7 Å². The van der Waals surface area contributed by atoms with Crippen LogP contribution in [-0.2, 0) is 4.79 Å². The zero-order chi connectivity index (χ0) is 15.9. The Morgan fingerprint density at radius 3 is 3.00 bits per heavy atom. The minimum atomic E-state index is 0.0463. The fourth-order valence-electron chi connectivity index (χ4n) is 2.66. The van der Waals surface area contributed by atoms with Crippen LogP contribution in [0.4, 0.5) is 0 Å². The van der Waals surface area contributed by atoms with E-state index in [1.54, 1.807) is 12.1 Å². The smallest absolute Gasteiger partial charge is 0.223 e. The number of nitrogens with one attached hydrogen (secondary N) is 1. The van der Waals surface area contributed by atoms with Crippen molar-refractivity contribution in [1.29, 1.82) is 0 Å². The lowest BCUT2D eigenvalue weighted by Crippen LogP contribution is -2.33. The Bertz CT molecular complexity index is 493. The Labute approximate surface area is 137 Å². The van der Waals surface area contributed by atoms with Crippen LogP contribution in [-0.4, -0.2) is 43.1 Å². The van der Waals surface area contributed by atoms with Crippen molar-refractivity contribution in [3.63, 3.8) is 0 Å². The third kappa shape index (κ3) is 5.50. The van der Waals surface area contributed by atoms with Gasteiger partial charge in [0.05, 0.1) is 13.0 Å². The summed E-state index contributed by atoms with van der Waals surface area (Å²) in [5.41, 5.74) is 0. The first-order chi connectivity index (χ1) is 10.5. The number of likely N-dealkylation sites (tertiary alicyclic amines) is 1. The highest BCUT2D eigenvalue weighted by Crippen LogP contribution is 2.18. The van der Waals surface area contributed by atoms with Gasteiger partial charge in [-0.2, -0.15) is 0 Å². The van der Waals surface area contributed by atoms with E-state index in [2.05, 4.69) is 24.1 Å². The maximum atomic E-state index is 11.8. The molecule has 1 aromatic rings. The van der Waals surface area contributed by atoms with Crippen LogP contribution in [0.25, 0.3) is 0 Å². The lowest BCUT2D eigenvalue weighted by molar-refractivity contribution is -0.121. The molecule has 0 aliphatic carbocycles. The number of hydrogen-bond acceptors (Lipinski definition) is 3. The third-order valence-electron chi connectivity index (χ3n) is 4.03. The first kappa shape index (κ1) is 17.1. The maximum Gasteiger partial charge on any atom is 0.223 e. The summed E-state index contributed by atoms with van der Waals surface area (Å²) < 4.78 is 5.52. The molecule has 1 aliphatic rings. The van der Waals surface area contributed by atoms with Crippen LogP contribution in [0.15, 0.2) is 24.3 Å². The Balaban J connectivity index is 1.60. The number of rotatable bonds is 7. The van der Waals surface area contributed by atoms with Crippen molar-refractivity contribution in [3.05, 3.63) is 29.3 Å². The van der Waals surface area contributed by atoms with Gasteiger partial charge in [-0.05, 0) is 50.9 Å². The lowest BCUT2D eigenvalue weighted by Gasteiger charge is -2.20. The minimum Gasteiger partial charge on any atom is -0.493 e. The molecule has 1 aliphatic heterocycles. The van der Waals surface area contributed by atoms with E-state index in [0.29, 0.717) is 35.8 Å².